The van der Waals surface area contributed by atoms with E-state index >= 15 is 0 Å². The highest BCUT2D eigenvalue weighted by Crippen LogP contribution is 2.23. The van der Waals surface area contributed by atoms with Gasteiger partial charge in [0.25, 0.3) is 10.0 Å². The van der Waals surface area contributed by atoms with E-state index in [1.54, 1.807) is 12.1 Å². The first-order chi connectivity index (χ1) is 12.6. The van der Waals surface area contributed by atoms with E-state index < -0.39 is 28.2 Å². The molecule has 1 amide bonds. The Hall–Kier alpha value is -1.55. The van der Waals surface area contributed by atoms with Crippen molar-refractivity contribution >= 4 is 15.9 Å². The van der Waals surface area contributed by atoms with Crippen molar-refractivity contribution in [2.75, 3.05) is 13.1 Å². The van der Waals surface area contributed by atoms with Gasteiger partial charge < -0.3 is 16.2 Å². The van der Waals surface area contributed by atoms with Crippen LogP contribution >= 0.6 is 0 Å². The second-order valence-electron chi connectivity index (χ2n) is 7.75. The molecule has 2 heterocycles. The molecule has 1 saturated heterocycles. The minimum absolute atomic E-state index is 0.0488. The Morgan fingerprint density at radius 2 is 2.11 bits per heavy atom. The molecule has 1 aliphatic heterocycles. The van der Waals surface area contributed by atoms with Crippen LogP contribution in [0.4, 0.5) is 0 Å². The molecule has 27 heavy (non-hydrogen) atoms. The van der Waals surface area contributed by atoms with Gasteiger partial charge in [0.1, 0.15) is 0 Å². The topological polar surface area (TPSA) is 126 Å². The predicted octanol–water partition coefficient (Wildman–Crippen LogP) is 0.331. The molecule has 0 bridgehead atoms. The third-order valence-electron chi connectivity index (χ3n) is 4.66. The molecule has 0 aliphatic carbocycles. The quantitative estimate of drug-likeness (QED) is 0.634. The molecular weight excluding hydrogens is 368 g/mol. The molecule has 152 valence electrons. The largest absolute Gasteiger partial charge is 0.390 e. The smallest absolute Gasteiger partial charge is 0.260 e. The van der Waals surface area contributed by atoms with E-state index in [1.165, 1.54) is 16.6 Å². The number of carbonyl (C=O) groups is 1. The fraction of sp³-hybridized carbons (Fsp3) is 0.667. The zero-order valence-corrected chi connectivity index (χ0v) is 16.9. The van der Waals surface area contributed by atoms with Crippen molar-refractivity contribution in [1.82, 2.24) is 14.6 Å². The summed E-state index contributed by atoms with van der Waals surface area (Å²) in [6.07, 6.45) is 1.41. The standard InChI is InChI=1S/C18H30N4O4S/c1-12(2)8-14(19)18(24)21-15-9-13(3)10-22(11-16(15)23)27(25,26)17-6-4-5-7-20-17/h4-7,12-16,23H,8-11,19H2,1-3H3,(H,21,24)/t13-,14+,15-,16+/m1/s1. The summed E-state index contributed by atoms with van der Waals surface area (Å²) in [5, 5.41) is 13.3. The first-order valence-electron chi connectivity index (χ1n) is 9.26. The molecule has 0 unspecified atom stereocenters. The van der Waals surface area contributed by atoms with Gasteiger partial charge in [0, 0.05) is 19.3 Å². The number of β-amino-alcohol motifs (C(OH)–C–C–N with tert-alkyl or cyclic N) is 1. The highest BCUT2D eigenvalue weighted by Gasteiger charge is 2.36. The normalized spacial score (nSPS) is 25.8. The summed E-state index contributed by atoms with van der Waals surface area (Å²) in [7, 11) is -3.81. The molecule has 4 atom stereocenters. The van der Waals surface area contributed by atoms with Crippen LogP contribution in [0.2, 0.25) is 0 Å². The highest BCUT2D eigenvalue weighted by atomic mass is 32.2. The monoisotopic (exact) mass is 398 g/mol. The number of amides is 1. The lowest BCUT2D eigenvalue weighted by Crippen LogP contribution is -2.51. The SMILES string of the molecule is CC(C)C[C@H](N)C(=O)N[C@@H]1C[C@@H](C)CN(S(=O)(=O)c2ccccn2)C[C@@H]1O. The minimum Gasteiger partial charge on any atom is -0.390 e. The van der Waals surface area contributed by atoms with Crippen molar-refractivity contribution < 1.29 is 18.3 Å². The Morgan fingerprint density at radius 3 is 2.70 bits per heavy atom. The first kappa shape index (κ1) is 21.7. The Kier molecular flexibility index (Phi) is 7.32. The number of hydrogen-bond acceptors (Lipinski definition) is 6. The van der Waals surface area contributed by atoms with Crippen LogP contribution in [0, 0.1) is 11.8 Å². The number of nitrogens with two attached hydrogens (primary N) is 1. The number of nitrogens with zero attached hydrogens (tertiary/aromatic N) is 2. The summed E-state index contributed by atoms with van der Waals surface area (Å²) in [6.45, 7) is 6.01. The molecule has 1 aromatic heterocycles. The van der Waals surface area contributed by atoms with E-state index in [-0.39, 0.29) is 35.9 Å². The van der Waals surface area contributed by atoms with Crippen LogP contribution in [0.3, 0.4) is 0 Å². The number of aliphatic hydroxyl groups is 1. The van der Waals surface area contributed by atoms with Crippen molar-refractivity contribution in [3.63, 3.8) is 0 Å². The fourth-order valence-corrected chi connectivity index (χ4v) is 4.82. The lowest BCUT2D eigenvalue weighted by Gasteiger charge is -2.26. The van der Waals surface area contributed by atoms with Gasteiger partial charge in [0.05, 0.1) is 18.2 Å². The summed E-state index contributed by atoms with van der Waals surface area (Å²) in [5.41, 5.74) is 5.92. The average molecular weight is 399 g/mol. The van der Waals surface area contributed by atoms with Crippen LogP contribution in [0.1, 0.15) is 33.6 Å². The summed E-state index contributed by atoms with van der Waals surface area (Å²) in [4.78, 5) is 16.2. The third-order valence-corrected chi connectivity index (χ3v) is 6.41. The van der Waals surface area contributed by atoms with Crippen LogP contribution < -0.4 is 11.1 Å². The summed E-state index contributed by atoms with van der Waals surface area (Å²) in [5.74, 6) is -0.0871. The molecule has 8 nitrogen and oxygen atoms in total. The van der Waals surface area contributed by atoms with E-state index in [1.807, 2.05) is 20.8 Å². The highest BCUT2D eigenvalue weighted by molar-refractivity contribution is 7.89. The molecular formula is C18H30N4O4S. The lowest BCUT2D eigenvalue weighted by atomic mass is 9.98. The van der Waals surface area contributed by atoms with Crippen molar-refractivity contribution in [1.29, 1.82) is 0 Å². The maximum Gasteiger partial charge on any atom is 0.260 e. The second-order valence-corrected chi connectivity index (χ2v) is 9.63. The van der Waals surface area contributed by atoms with Crippen molar-refractivity contribution in [2.24, 2.45) is 17.6 Å². The van der Waals surface area contributed by atoms with Gasteiger partial charge >= 0.3 is 0 Å². The number of pyridine rings is 1. The summed E-state index contributed by atoms with van der Waals surface area (Å²) in [6, 6.07) is 3.49. The molecule has 4 N–H and O–H groups in total. The summed E-state index contributed by atoms with van der Waals surface area (Å²) >= 11 is 0. The number of aliphatic hydroxyl groups excluding tert-OH is 1. The third kappa shape index (κ3) is 5.71. The van der Waals surface area contributed by atoms with Gasteiger partial charge in [0.2, 0.25) is 5.91 Å². The van der Waals surface area contributed by atoms with E-state index in [9.17, 15) is 18.3 Å². The van der Waals surface area contributed by atoms with Gasteiger partial charge in [-0.1, -0.05) is 26.8 Å². The zero-order chi connectivity index (χ0) is 20.2. The molecule has 0 radical (unpaired) electrons. The molecule has 0 saturated carbocycles. The van der Waals surface area contributed by atoms with Crippen LogP contribution in [-0.2, 0) is 14.8 Å². The van der Waals surface area contributed by atoms with Crippen LogP contribution in [0.5, 0.6) is 0 Å². The lowest BCUT2D eigenvalue weighted by molar-refractivity contribution is -0.124. The molecule has 1 aliphatic rings. The van der Waals surface area contributed by atoms with Gasteiger partial charge in [-0.25, -0.2) is 13.4 Å². The van der Waals surface area contributed by atoms with Gasteiger partial charge in [-0.15, -0.1) is 0 Å². The average Bonchev–Trinajstić information content (AvgIpc) is 2.74. The van der Waals surface area contributed by atoms with Gasteiger partial charge in [-0.3, -0.25) is 4.79 Å². The molecule has 9 heteroatoms. The number of hydrogen-bond donors (Lipinski definition) is 3. The van der Waals surface area contributed by atoms with Crippen molar-refractivity contribution in [3.8, 4) is 0 Å². The van der Waals surface area contributed by atoms with Gasteiger partial charge in [-0.05, 0) is 36.8 Å². The fourth-order valence-electron chi connectivity index (χ4n) is 3.31. The predicted molar refractivity (Wildman–Crippen MR) is 102 cm³/mol. The number of carbonyl (C=O) groups excluding carboxylic acids is 1. The maximum absolute atomic E-state index is 12.8. The zero-order valence-electron chi connectivity index (χ0n) is 16.1. The van der Waals surface area contributed by atoms with Crippen LogP contribution in [0.15, 0.2) is 29.4 Å². The molecule has 1 fully saturated rings. The Labute approximate surface area is 161 Å². The number of rotatable bonds is 6. The summed E-state index contributed by atoms with van der Waals surface area (Å²) < 4.78 is 26.9. The molecule has 2 rings (SSSR count). The van der Waals surface area contributed by atoms with E-state index in [4.69, 9.17) is 5.73 Å². The van der Waals surface area contributed by atoms with E-state index in [0.717, 1.165) is 0 Å². The van der Waals surface area contributed by atoms with Crippen LogP contribution in [-0.4, -0.2) is 60.0 Å². The Balaban J connectivity index is 2.12. The Bertz CT molecular complexity index is 726. The minimum atomic E-state index is -3.81. The molecule has 0 spiro atoms. The Morgan fingerprint density at radius 1 is 1.41 bits per heavy atom. The second kappa shape index (κ2) is 9.09. The number of nitrogens with one attached hydrogen (secondary N) is 1. The number of sulfonamides is 1. The van der Waals surface area contributed by atoms with Crippen LogP contribution in [0.25, 0.3) is 0 Å². The van der Waals surface area contributed by atoms with Crippen molar-refractivity contribution in [2.45, 2.75) is 56.8 Å². The van der Waals surface area contributed by atoms with Crippen molar-refractivity contribution in [3.05, 3.63) is 24.4 Å². The number of aromatic nitrogens is 1. The van der Waals surface area contributed by atoms with E-state index in [0.29, 0.717) is 12.8 Å². The first-order valence-corrected chi connectivity index (χ1v) is 10.7. The van der Waals surface area contributed by atoms with Gasteiger partial charge in [-0.2, -0.15) is 4.31 Å². The molecule has 1 aromatic rings. The molecule has 0 aromatic carbocycles. The van der Waals surface area contributed by atoms with E-state index in [2.05, 4.69) is 10.3 Å². The maximum atomic E-state index is 12.8. The van der Waals surface area contributed by atoms with Gasteiger partial charge in [0.15, 0.2) is 5.03 Å².